The van der Waals surface area contributed by atoms with E-state index in [1.54, 1.807) is 0 Å². The first-order chi connectivity index (χ1) is 19.2. The lowest BCUT2D eigenvalue weighted by Gasteiger charge is -2.22. The molecule has 1 aromatic heterocycles. The van der Waals surface area contributed by atoms with Gasteiger partial charge in [-0.25, -0.2) is 4.98 Å². The first kappa shape index (κ1) is 36.2. The van der Waals surface area contributed by atoms with Crippen molar-refractivity contribution >= 4 is 0 Å². The predicted molar refractivity (Wildman–Crippen MR) is 176 cm³/mol. The molecule has 1 aromatic rings. The molecule has 0 aliphatic heterocycles. The number of aromatic nitrogens is 2. The summed E-state index contributed by atoms with van der Waals surface area (Å²) >= 11 is 0. The zero-order valence-electron chi connectivity index (χ0n) is 27.5. The molecule has 0 aliphatic rings. The van der Waals surface area contributed by atoms with Crippen LogP contribution in [0.2, 0.25) is 0 Å². The SMILES string of the molecule is CCCCCCCCCCCCCCCCCCC(CCCCCCCCCC)c1nccn1C(C)CCC. The third kappa shape index (κ3) is 19.8. The van der Waals surface area contributed by atoms with Crippen LogP contribution in [0.25, 0.3) is 0 Å². The summed E-state index contributed by atoms with van der Waals surface area (Å²) in [7, 11) is 0. The maximum atomic E-state index is 4.92. The van der Waals surface area contributed by atoms with Gasteiger partial charge in [0.25, 0.3) is 0 Å². The van der Waals surface area contributed by atoms with E-state index in [2.05, 4.69) is 44.7 Å². The average Bonchev–Trinajstić information content (AvgIpc) is 3.43. The van der Waals surface area contributed by atoms with Crippen LogP contribution in [-0.2, 0) is 0 Å². The molecular weight excluding hydrogens is 472 g/mol. The van der Waals surface area contributed by atoms with Crippen molar-refractivity contribution in [3.8, 4) is 0 Å². The van der Waals surface area contributed by atoms with Gasteiger partial charge in [-0.1, -0.05) is 181 Å². The minimum atomic E-state index is 0.583. The van der Waals surface area contributed by atoms with Crippen LogP contribution >= 0.6 is 0 Å². The molecule has 1 rings (SSSR count). The molecule has 230 valence electrons. The van der Waals surface area contributed by atoms with Crippen molar-refractivity contribution in [3.05, 3.63) is 18.2 Å². The maximum absolute atomic E-state index is 4.92. The van der Waals surface area contributed by atoms with E-state index in [0.717, 1.165) is 0 Å². The highest BCUT2D eigenvalue weighted by atomic mass is 15.1. The van der Waals surface area contributed by atoms with Gasteiger partial charge in [-0.3, -0.25) is 0 Å². The Bertz CT molecular complexity index is 606. The van der Waals surface area contributed by atoms with E-state index in [9.17, 15) is 0 Å². The number of nitrogens with zero attached hydrogens (tertiary/aromatic N) is 2. The van der Waals surface area contributed by atoms with Gasteiger partial charge < -0.3 is 4.57 Å². The number of rotatable bonds is 30. The van der Waals surface area contributed by atoms with Crippen LogP contribution in [0.4, 0.5) is 0 Å². The van der Waals surface area contributed by atoms with Crippen LogP contribution < -0.4 is 0 Å². The normalized spacial score (nSPS) is 13.2. The molecule has 0 aromatic carbocycles. The lowest BCUT2D eigenvalue weighted by Crippen LogP contribution is -2.13. The first-order valence-electron chi connectivity index (χ1n) is 18.3. The highest BCUT2D eigenvalue weighted by molar-refractivity contribution is 5.02. The molecule has 0 spiro atoms. The zero-order chi connectivity index (χ0) is 28.2. The third-order valence-electron chi connectivity index (χ3n) is 9.06. The Balaban J connectivity index is 2.21. The smallest absolute Gasteiger partial charge is 0.111 e. The Morgan fingerprint density at radius 2 is 0.846 bits per heavy atom. The molecule has 0 amide bonds. The molecule has 0 radical (unpaired) electrons. The van der Waals surface area contributed by atoms with Crippen LogP contribution in [0, 0.1) is 0 Å². The predicted octanol–water partition coefficient (Wildman–Crippen LogP) is 13.5. The van der Waals surface area contributed by atoms with Crippen LogP contribution in [0.5, 0.6) is 0 Å². The first-order valence-corrected chi connectivity index (χ1v) is 18.3. The molecule has 39 heavy (non-hydrogen) atoms. The molecule has 0 saturated heterocycles. The zero-order valence-corrected chi connectivity index (χ0v) is 27.5. The molecule has 2 atom stereocenters. The molecule has 1 heterocycles. The van der Waals surface area contributed by atoms with Crippen molar-refractivity contribution < 1.29 is 0 Å². The summed E-state index contributed by atoms with van der Waals surface area (Å²) < 4.78 is 2.52. The molecule has 0 saturated carbocycles. The van der Waals surface area contributed by atoms with E-state index in [0.29, 0.717) is 12.0 Å². The minimum Gasteiger partial charge on any atom is -0.332 e. The van der Waals surface area contributed by atoms with E-state index < -0.39 is 0 Å². The fourth-order valence-corrected chi connectivity index (χ4v) is 6.44. The topological polar surface area (TPSA) is 17.8 Å². The Morgan fingerprint density at radius 1 is 0.487 bits per heavy atom. The standard InChI is InChI=1S/C37H72N2/c1-5-8-10-12-14-16-17-18-19-20-21-22-23-25-27-29-32-36(31-28-26-24-15-13-11-9-6-2)37-38-33-34-39(37)35(4)30-7-3/h33-36H,5-32H2,1-4H3. The van der Waals surface area contributed by atoms with Gasteiger partial charge in [0.2, 0.25) is 0 Å². The minimum absolute atomic E-state index is 0.583. The van der Waals surface area contributed by atoms with Crippen molar-refractivity contribution in [2.75, 3.05) is 0 Å². The fourth-order valence-electron chi connectivity index (χ4n) is 6.44. The maximum Gasteiger partial charge on any atom is 0.111 e. The Labute approximate surface area is 246 Å². The highest BCUT2D eigenvalue weighted by Crippen LogP contribution is 2.30. The van der Waals surface area contributed by atoms with Crippen LogP contribution in [-0.4, -0.2) is 9.55 Å². The quantitative estimate of drug-likeness (QED) is 0.0880. The Morgan fingerprint density at radius 3 is 1.21 bits per heavy atom. The monoisotopic (exact) mass is 545 g/mol. The van der Waals surface area contributed by atoms with Crippen molar-refractivity contribution in [2.45, 2.75) is 219 Å². The van der Waals surface area contributed by atoms with Crippen LogP contribution in [0.15, 0.2) is 12.4 Å². The molecular formula is C37H72N2. The lowest BCUT2D eigenvalue weighted by molar-refractivity contribution is 0.421. The van der Waals surface area contributed by atoms with Gasteiger partial charge in [0.15, 0.2) is 0 Å². The summed E-state index contributed by atoms with van der Waals surface area (Å²) in [6.45, 7) is 9.31. The van der Waals surface area contributed by atoms with E-state index >= 15 is 0 Å². The van der Waals surface area contributed by atoms with E-state index in [4.69, 9.17) is 4.98 Å². The largest absolute Gasteiger partial charge is 0.332 e. The van der Waals surface area contributed by atoms with Gasteiger partial charge >= 0.3 is 0 Å². The van der Waals surface area contributed by atoms with Crippen molar-refractivity contribution in [3.63, 3.8) is 0 Å². The second-order valence-electron chi connectivity index (χ2n) is 12.9. The molecule has 2 unspecified atom stereocenters. The number of imidazole rings is 1. The summed E-state index contributed by atoms with van der Waals surface area (Å²) in [4.78, 5) is 4.92. The Hall–Kier alpha value is -0.790. The van der Waals surface area contributed by atoms with Gasteiger partial charge in [-0.2, -0.15) is 0 Å². The van der Waals surface area contributed by atoms with Gasteiger partial charge in [0.1, 0.15) is 5.82 Å². The lowest BCUT2D eigenvalue weighted by atomic mass is 9.92. The summed E-state index contributed by atoms with van der Waals surface area (Å²) in [6.07, 6.45) is 44.0. The second kappa shape index (κ2) is 27.4. The van der Waals surface area contributed by atoms with Crippen molar-refractivity contribution in [1.82, 2.24) is 9.55 Å². The van der Waals surface area contributed by atoms with Crippen LogP contribution in [0.1, 0.15) is 225 Å². The third-order valence-corrected chi connectivity index (χ3v) is 9.06. The van der Waals surface area contributed by atoms with E-state index in [-0.39, 0.29) is 0 Å². The second-order valence-corrected chi connectivity index (χ2v) is 12.9. The molecule has 0 aliphatic carbocycles. The van der Waals surface area contributed by atoms with Crippen molar-refractivity contribution in [1.29, 1.82) is 0 Å². The highest BCUT2D eigenvalue weighted by Gasteiger charge is 2.19. The average molecular weight is 545 g/mol. The van der Waals surface area contributed by atoms with Gasteiger partial charge in [0.05, 0.1) is 0 Å². The van der Waals surface area contributed by atoms with Crippen molar-refractivity contribution in [2.24, 2.45) is 0 Å². The number of hydrogen-bond donors (Lipinski definition) is 0. The van der Waals surface area contributed by atoms with Gasteiger partial charge in [0, 0.05) is 24.4 Å². The molecule has 2 heteroatoms. The summed E-state index contributed by atoms with van der Waals surface area (Å²) in [5.41, 5.74) is 0. The number of hydrogen-bond acceptors (Lipinski definition) is 1. The Kier molecular flexibility index (Phi) is 25.4. The van der Waals surface area contributed by atoms with Gasteiger partial charge in [-0.05, 0) is 26.2 Å². The fraction of sp³-hybridized carbons (Fsp3) is 0.919. The van der Waals surface area contributed by atoms with Crippen LogP contribution in [0.3, 0.4) is 0 Å². The summed E-state index contributed by atoms with van der Waals surface area (Å²) in [5.74, 6) is 2.05. The van der Waals surface area contributed by atoms with E-state index in [1.165, 1.54) is 186 Å². The molecule has 0 bridgehead atoms. The molecule has 2 nitrogen and oxygen atoms in total. The summed E-state index contributed by atoms with van der Waals surface area (Å²) in [5, 5.41) is 0. The molecule has 0 fully saturated rings. The van der Waals surface area contributed by atoms with Gasteiger partial charge in [-0.15, -0.1) is 0 Å². The molecule has 0 N–H and O–H groups in total. The van der Waals surface area contributed by atoms with E-state index in [1.807, 2.05) is 0 Å². The number of unbranched alkanes of at least 4 members (excludes halogenated alkanes) is 22. The summed E-state index contributed by atoms with van der Waals surface area (Å²) in [6, 6.07) is 0.583.